The van der Waals surface area contributed by atoms with Gasteiger partial charge in [0, 0.05) is 0 Å². The van der Waals surface area contributed by atoms with Crippen LogP contribution in [0.3, 0.4) is 0 Å². The molecular formula is C16H24O. The zero-order chi connectivity index (χ0) is 12.4. The predicted molar refractivity (Wildman–Crippen MR) is 71.8 cm³/mol. The van der Waals surface area contributed by atoms with Crippen LogP contribution >= 0.6 is 0 Å². The molecule has 0 bridgehead atoms. The van der Waals surface area contributed by atoms with Gasteiger partial charge in [-0.1, -0.05) is 58.0 Å². The van der Waals surface area contributed by atoms with Crippen LogP contribution in [0, 0.1) is 17.8 Å². The first-order valence-electron chi connectivity index (χ1n) is 6.85. The van der Waals surface area contributed by atoms with Gasteiger partial charge in [0.2, 0.25) is 0 Å². The molecule has 1 nitrogen and oxygen atoms in total. The van der Waals surface area contributed by atoms with Crippen molar-refractivity contribution >= 4 is 0 Å². The van der Waals surface area contributed by atoms with E-state index < -0.39 is 0 Å². The third-order valence-electron chi connectivity index (χ3n) is 4.57. The Balaban J connectivity index is 2.23. The highest BCUT2D eigenvalue weighted by Crippen LogP contribution is 2.43. The van der Waals surface area contributed by atoms with Gasteiger partial charge in [-0.3, -0.25) is 0 Å². The molecule has 1 aliphatic rings. The Kier molecular flexibility index (Phi) is 3.88. The van der Waals surface area contributed by atoms with Crippen molar-refractivity contribution < 1.29 is 4.74 Å². The van der Waals surface area contributed by atoms with E-state index in [-0.39, 0.29) is 6.10 Å². The fourth-order valence-corrected chi connectivity index (χ4v) is 3.02. The lowest BCUT2D eigenvalue weighted by molar-refractivity contribution is -0.136. The normalized spacial score (nSPS) is 38.0. The lowest BCUT2D eigenvalue weighted by Gasteiger charge is -2.44. The average Bonchev–Trinajstić information content (AvgIpc) is 2.37. The molecular weight excluding hydrogens is 208 g/mol. The summed E-state index contributed by atoms with van der Waals surface area (Å²) in [6.07, 6.45) is 1.79. The number of benzene rings is 1. The van der Waals surface area contributed by atoms with Crippen molar-refractivity contribution in [2.75, 3.05) is 0 Å². The van der Waals surface area contributed by atoms with Gasteiger partial charge >= 0.3 is 0 Å². The number of hydrogen-bond donors (Lipinski definition) is 0. The quantitative estimate of drug-likeness (QED) is 0.732. The van der Waals surface area contributed by atoms with Gasteiger partial charge in [-0.15, -0.1) is 0 Å². The molecule has 1 fully saturated rings. The highest BCUT2D eigenvalue weighted by molar-refractivity contribution is 5.19. The summed E-state index contributed by atoms with van der Waals surface area (Å²) in [4.78, 5) is 0. The monoisotopic (exact) mass is 232 g/mol. The molecule has 94 valence electrons. The fourth-order valence-electron chi connectivity index (χ4n) is 3.02. The largest absolute Gasteiger partial charge is 0.370 e. The van der Waals surface area contributed by atoms with E-state index in [0.717, 1.165) is 12.3 Å². The lowest BCUT2D eigenvalue weighted by atomic mass is 9.74. The molecule has 0 N–H and O–H groups in total. The summed E-state index contributed by atoms with van der Waals surface area (Å²) in [5, 5.41) is 0. The summed E-state index contributed by atoms with van der Waals surface area (Å²) in [7, 11) is 0. The van der Waals surface area contributed by atoms with Crippen LogP contribution in [-0.4, -0.2) is 6.10 Å². The van der Waals surface area contributed by atoms with Gasteiger partial charge < -0.3 is 4.74 Å². The first kappa shape index (κ1) is 12.6. The van der Waals surface area contributed by atoms with Crippen LogP contribution < -0.4 is 0 Å². The van der Waals surface area contributed by atoms with Crippen LogP contribution in [0.4, 0.5) is 0 Å². The third-order valence-corrected chi connectivity index (χ3v) is 4.57. The number of hydrogen-bond acceptors (Lipinski definition) is 1. The van der Waals surface area contributed by atoms with Crippen molar-refractivity contribution in [3.05, 3.63) is 35.9 Å². The van der Waals surface area contributed by atoms with Crippen LogP contribution in [0.5, 0.6) is 0 Å². The molecule has 2 rings (SSSR count). The van der Waals surface area contributed by atoms with Crippen LogP contribution in [0.25, 0.3) is 0 Å². The molecule has 0 saturated carbocycles. The molecule has 0 amide bonds. The summed E-state index contributed by atoms with van der Waals surface area (Å²) in [5.74, 6) is 1.98. The zero-order valence-electron chi connectivity index (χ0n) is 11.4. The molecule has 1 aromatic carbocycles. The second kappa shape index (κ2) is 5.22. The third kappa shape index (κ3) is 2.40. The summed E-state index contributed by atoms with van der Waals surface area (Å²) in [5.41, 5.74) is 1.33. The highest BCUT2D eigenvalue weighted by atomic mass is 16.5. The Labute approximate surface area is 105 Å². The second-order valence-electron chi connectivity index (χ2n) is 5.49. The van der Waals surface area contributed by atoms with Crippen LogP contribution in [0.1, 0.15) is 45.8 Å². The number of ether oxygens (including phenoxy) is 1. The summed E-state index contributed by atoms with van der Waals surface area (Å²) >= 11 is 0. The predicted octanol–water partition coefficient (Wildman–Crippen LogP) is 4.44. The molecule has 1 saturated heterocycles. The van der Waals surface area contributed by atoms with Crippen molar-refractivity contribution in [1.29, 1.82) is 0 Å². The van der Waals surface area contributed by atoms with Crippen molar-refractivity contribution in [2.24, 2.45) is 17.8 Å². The van der Waals surface area contributed by atoms with Gasteiger partial charge in [0.25, 0.3) is 0 Å². The summed E-state index contributed by atoms with van der Waals surface area (Å²) in [6.45, 7) is 9.25. The minimum atomic E-state index is 0.271. The minimum absolute atomic E-state index is 0.271. The van der Waals surface area contributed by atoms with E-state index in [2.05, 4.69) is 58.0 Å². The van der Waals surface area contributed by atoms with Crippen molar-refractivity contribution in [3.63, 3.8) is 0 Å². The maximum absolute atomic E-state index is 6.32. The van der Waals surface area contributed by atoms with E-state index in [4.69, 9.17) is 4.74 Å². The first-order chi connectivity index (χ1) is 8.15. The van der Waals surface area contributed by atoms with Crippen LogP contribution in [-0.2, 0) is 4.74 Å². The number of rotatable bonds is 2. The maximum Gasteiger partial charge on any atom is 0.0856 e. The molecule has 1 heteroatoms. The molecule has 1 heterocycles. The minimum Gasteiger partial charge on any atom is -0.370 e. The molecule has 0 spiro atoms. The molecule has 17 heavy (non-hydrogen) atoms. The van der Waals surface area contributed by atoms with Crippen LogP contribution in [0.15, 0.2) is 30.3 Å². The lowest BCUT2D eigenvalue weighted by Crippen LogP contribution is -2.40. The Morgan fingerprint density at radius 2 is 1.59 bits per heavy atom. The van der Waals surface area contributed by atoms with E-state index in [0.29, 0.717) is 17.9 Å². The standard InChI is InChI=1S/C16H24O/c1-5-15-12(3)11(2)13(4)16(17-15)14-9-7-6-8-10-14/h6-13,15-16H,5H2,1-4H3/t11-,12-,13+,15+,16+/m0/s1. The summed E-state index contributed by atoms with van der Waals surface area (Å²) < 4.78 is 6.32. The Morgan fingerprint density at radius 3 is 2.18 bits per heavy atom. The van der Waals surface area contributed by atoms with E-state index in [1.165, 1.54) is 5.56 Å². The topological polar surface area (TPSA) is 9.23 Å². The Hall–Kier alpha value is -0.820. The van der Waals surface area contributed by atoms with E-state index in [1.807, 2.05) is 0 Å². The van der Waals surface area contributed by atoms with Gasteiger partial charge in [0.15, 0.2) is 0 Å². The fraction of sp³-hybridized carbons (Fsp3) is 0.625. The van der Waals surface area contributed by atoms with Gasteiger partial charge in [-0.05, 0) is 29.7 Å². The molecule has 0 radical (unpaired) electrons. The highest BCUT2D eigenvalue weighted by Gasteiger charge is 2.38. The molecule has 1 aliphatic heterocycles. The van der Waals surface area contributed by atoms with Gasteiger partial charge in [-0.25, -0.2) is 0 Å². The van der Waals surface area contributed by atoms with E-state index in [1.54, 1.807) is 0 Å². The summed E-state index contributed by atoms with van der Waals surface area (Å²) in [6, 6.07) is 10.7. The Morgan fingerprint density at radius 1 is 0.941 bits per heavy atom. The van der Waals surface area contributed by atoms with Gasteiger partial charge in [0.1, 0.15) is 0 Å². The van der Waals surface area contributed by atoms with Gasteiger partial charge in [0.05, 0.1) is 12.2 Å². The van der Waals surface area contributed by atoms with Crippen LogP contribution in [0.2, 0.25) is 0 Å². The zero-order valence-corrected chi connectivity index (χ0v) is 11.4. The molecule has 1 aromatic rings. The average molecular weight is 232 g/mol. The molecule has 5 atom stereocenters. The van der Waals surface area contributed by atoms with Crippen molar-refractivity contribution in [3.8, 4) is 0 Å². The molecule has 0 aromatic heterocycles. The Bertz CT molecular complexity index is 344. The van der Waals surface area contributed by atoms with Crippen molar-refractivity contribution in [2.45, 2.75) is 46.3 Å². The molecule has 0 aliphatic carbocycles. The maximum atomic E-state index is 6.32. The van der Waals surface area contributed by atoms with Gasteiger partial charge in [-0.2, -0.15) is 0 Å². The SMILES string of the molecule is CC[C@H]1O[C@@H](c2ccccc2)[C@H](C)[C@@H](C)[C@@H]1C. The van der Waals surface area contributed by atoms with E-state index >= 15 is 0 Å². The second-order valence-corrected chi connectivity index (χ2v) is 5.49. The van der Waals surface area contributed by atoms with Crippen molar-refractivity contribution in [1.82, 2.24) is 0 Å². The van der Waals surface area contributed by atoms with E-state index in [9.17, 15) is 0 Å². The molecule has 0 unspecified atom stereocenters. The smallest absolute Gasteiger partial charge is 0.0856 e. The first-order valence-corrected chi connectivity index (χ1v) is 6.85.